The van der Waals surface area contributed by atoms with Crippen LogP contribution in [0.25, 0.3) is 0 Å². The third kappa shape index (κ3) is 6.07. The molecule has 0 aliphatic rings. The molecule has 0 bridgehead atoms. The number of benzene rings is 2. The maximum Gasteiger partial charge on any atom is 0.337 e. The molecule has 2 aromatic carbocycles. The second-order valence-corrected chi connectivity index (χ2v) is 5.18. The van der Waals surface area contributed by atoms with Crippen LogP contribution in [0.5, 0.6) is 5.75 Å². The summed E-state index contributed by atoms with van der Waals surface area (Å²) in [4.78, 5) is 20.7. The first-order valence-electron chi connectivity index (χ1n) is 6.98. The van der Waals surface area contributed by atoms with Crippen LogP contribution in [-0.4, -0.2) is 39.5 Å². The van der Waals surface area contributed by atoms with Crippen molar-refractivity contribution in [1.82, 2.24) is 0 Å². The van der Waals surface area contributed by atoms with Crippen molar-refractivity contribution in [3.8, 4) is 5.75 Å². The van der Waals surface area contributed by atoms with E-state index >= 15 is 0 Å². The van der Waals surface area contributed by atoms with Crippen molar-refractivity contribution in [3.05, 3.63) is 64.7 Å². The average molecular weight is 369 g/mol. The first-order valence-corrected chi connectivity index (χ1v) is 7.35. The number of carboxylic acid groups (broad SMARTS) is 2. The van der Waals surface area contributed by atoms with Gasteiger partial charge in [-0.05, 0) is 23.8 Å². The van der Waals surface area contributed by atoms with Crippen molar-refractivity contribution in [2.45, 2.75) is 12.2 Å². The minimum Gasteiger partial charge on any atom is -0.497 e. The Hall–Kier alpha value is -2.61. The number of methoxy groups -OCH3 is 1. The Balaban J connectivity index is 0.000000251. The Bertz CT molecular complexity index is 715. The molecule has 0 saturated carbocycles. The molecule has 2 rings (SSSR count). The van der Waals surface area contributed by atoms with E-state index in [9.17, 15) is 9.59 Å². The fourth-order valence-electron chi connectivity index (χ4n) is 1.76. The molecule has 134 valence electrons. The van der Waals surface area contributed by atoms with Crippen LogP contribution in [0, 0.1) is 0 Å². The zero-order chi connectivity index (χ0) is 19.0. The molecule has 0 aliphatic carbocycles. The van der Waals surface area contributed by atoms with Gasteiger partial charge in [0.05, 0.1) is 7.11 Å². The van der Waals surface area contributed by atoms with Gasteiger partial charge < -0.3 is 25.2 Å². The van der Waals surface area contributed by atoms with Gasteiger partial charge in [0.2, 0.25) is 0 Å². The lowest BCUT2D eigenvalue weighted by Crippen LogP contribution is -2.10. The average Bonchev–Trinajstić information content (AvgIpc) is 2.61. The van der Waals surface area contributed by atoms with E-state index in [1.165, 1.54) is 31.4 Å². The number of hydrogen-bond acceptors (Lipinski definition) is 5. The maximum atomic E-state index is 10.4. The van der Waals surface area contributed by atoms with E-state index in [0.717, 1.165) is 0 Å². The summed E-state index contributed by atoms with van der Waals surface area (Å²) in [5.74, 6) is -1.94. The minimum absolute atomic E-state index is 0.215. The molecular formula is C17H17ClO7. The zero-order valence-electron chi connectivity index (χ0n) is 13.2. The number of aliphatic hydroxyl groups is 2. The number of halogens is 1. The molecule has 0 aromatic heterocycles. The molecule has 0 aliphatic heterocycles. The molecule has 0 amide bonds. The molecule has 4 N–H and O–H groups in total. The van der Waals surface area contributed by atoms with Gasteiger partial charge in [0.1, 0.15) is 5.75 Å². The third-order valence-electron chi connectivity index (χ3n) is 3.10. The van der Waals surface area contributed by atoms with Crippen molar-refractivity contribution < 1.29 is 34.8 Å². The SMILES string of the molecule is COc1ccc(C(O)C(=O)O)cc1.O=C(O)C(O)c1ccccc1Cl. The third-order valence-corrected chi connectivity index (χ3v) is 3.44. The Morgan fingerprint density at radius 2 is 1.44 bits per heavy atom. The molecule has 0 fully saturated rings. The second kappa shape index (κ2) is 9.63. The standard InChI is InChI=1S/C9H10O4.C8H7ClO3/c1-13-7-4-2-6(3-5-7)8(10)9(11)12;9-6-4-2-1-3-5(6)7(10)8(11)12/h2-5,8,10H,1H3,(H,11,12);1-4,7,10H,(H,11,12). The van der Waals surface area contributed by atoms with Gasteiger partial charge in [-0.1, -0.05) is 41.9 Å². The lowest BCUT2D eigenvalue weighted by atomic mass is 10.1. The van der Waals surface area contributed by atoms with Gasteiger partial charge in [0.15, 0.2) is 12.2 Å². The quantitative estimate of drug-likeness (QED) is 0.638. The molecule has 25 heavy (non-hydrogen) atoms. The largest absolute Gasteiger partial charge is 0.497 e. The van der Waals surface area contributed by atoms with E-state index in [2.05, 4.69) is 0 Å². The van der Waals surface area contributed by atoms with Gasteiger partial charge in [0, 0.05) is 10.6 Å². The summed E-state index contributed by atoms with van der Waals surface area (Å²) < 4.78 is 4.88. The maximum absolute atomic E-state index is 10.4. The number of rotatable bonds is 5. The molecule has 0 saturated heterocycles. The summed E-state index contributed by atoms with van der Waals surface area (Å²) >= 11 is 5.64. The van der Waals surface area contributed by atoms with E-state index in [1.54, 1.807) is 24.3 Å². The Morgan fingerprint density at radius 1 is 0.920 bits per heavy atom. The van der Waals surface area contributed by atoms with E-state index in [4.69, 9.17) is 36.8 Å². The van der Waals surface area contributed by atoms with Crippen LogP contribution in [0.3, 0.4) is 0 Å². The monoisotopic (exact) mass is 368 g/mol. The summed E-state index contributed by atoms with van der Waals surface area (Å²) in [6, 6.07) is 12.5. The van der Waals surface area contributed by atoms with Crippen molar-refractivity contribution in [1.29, 1.82) is 0 Å². The van der Waals surface area contributed by atoms with Crippen LogP contribution < -0.4 is 4.74 Å². The summed E-state index contributed by atoms with van der Waals surface area (Å²) in [5.41, 5.74) is 0.556. The Kier molecular flexibility index (Phi) is 7.87. The summed E-state index contributed by atoms with van der Waals surface area (Å²) in [6.45, 7) is 0. The predicted molar refractivity (Wildman–Crippen MR) is 89.6 cm³/mol. The first-order chi connectivity index (χ1) is 11.8. The molecule has 2 unspecified atom stereocenters. The van der Waals surface area contributed by atoms with Crippen LogP contribution in [-0.2, 0) is 9.59 Å². The van der Waals surface area contributed by atoms with Gasteiger partial charge in [-0.25, -0.2) is 9.59 Å². The highest BCUT2D eigenvalue weighted by molar-refractivity contribution is 6.31. The zero-order valence-corrected chi connectivity index (χ0v) is 13.9. The molecule has 2 atom stereocenters. The number of aliphatic carboxylic acids is 2. The Morgan fingerprint density at radius 3 is 1.88 bits per heavy atom. The van der Waals surface area contributed by atoms with Crippen molar-refractivity contribution >= 4 is 23.5 Å². The summed E-state index contributed by atoms with van der Waals surface area (Å²) in [5, 5.41) is 35.4. The second-order valence-electron chi connectivity index (χ2n) is 4.78. The smallest absolute Gasteiger partial charge is 0.337 e. The van der Waals surface area contributed by atoms with Crippen LogP contribution in [0.1, 0.15) is 23.3 Å². The van der Waals surface area contributed by atoms with E-state index in [-0.39, 0.29) is 10.6 Å². The lowest BCUT2D eigenvalue weighted by molar-refractivity contribution is -0.147. The fourth-order valence-corrected chi connectivity index (χ4v) is 2.00. The summed E-state index contributed by atoms with van der Waals surface area (Å²) in [6.07, 6.45) is -3.01. The predicted octanol–water partition coefficient (Wildman–Crippen LogP) is 2.27. The van der Waals surface area contributed by atoms with Gasteiger partial charge in [-0.15, -0.1) is 0 Å². The number of carboxylic acids is 2. The van der Waals surface area contributed by atoms with Crippen LogP contribution in [0.15, 0.2) is 48.5 Å². The van der Waals surface area contributed by atoms with Gasteiger partial charge >= 0.3 is 11.9 Å². The highest BCUT2D eigenvalue weighted by Crippen LogP contribution is 2.22. The normalized spacial score (nSPS) is 12.3. The minimum atomic E-state index is -1.54. The number of hydrogen-bond donors (Lipinski definition) is 4. The highest BCUT2D eigenvalue weighted by atomic mass is 35.5. The molecule has 0 spiro atoms. The van der Waals surface area contributed by atoms with Gasteiger partial charge in [-0.2, -0.15) is 0 Å². The van der Waals surface area contributed by atoms with E-state index in [1.807, 2.05) is 0 Å². The van der Waals surface area contributed by atoms with Crippen LogP contribution >= 0.6 is 11.6 Å². The number of carbonyl (C=O) groups is 2. The number of aliphatic hydroxyl groups excluding tert-OH is 2. The summed E-state index contributed by atoms with van der Waals surface area (Å²) in [7, 11) is 1.52. The lowest BCUT2D eigenvalue weighted by Gasteiger charge is -2.06. The van der Waals surface area contributed by atoms with Crippen molar-refractivity contribution in [2.24, 2.45) is 0 Å². The highest BCUT2D eigenvalue weighted by Gasteiger charge is 2.17. The fraction of sp³-hybridized carbons (Fsp3) is 0.176. The van der Waals surface area contributed by atoms with Crippen LogP contribution in [0.2, 0.25) is 5.02 Å². The van der Waals surface area contributed by atoms with Gasteiger partial charge in [-0.3, -0.25) is 0 Å². The van der Waals surface area contributed by atoms with Gasteiger partial charge in [0.25, 0.3) is 0 Å². The molecule has 8 heteroatoms. The molecule has 7 nitrogen and oxygen atoms in total. The molecule has 0 heterocycles. The van der Waals surface area contributed by atoms with E-state index in [0.29, 0.717) is 11.3 Å². The van der Waals surface area contributed by atoms with Crippen molar-refractivity contribution in [3.63, 3.8) is 0 Å². The molecule has 2 aromatic rings. The molecule has 0 radical (unpaired) electrons. The Labute approximate surface area is 148 Å². The van der Waals surface area contributed by atoms with Crippen molar-refractivity contribution in [2.75, 3.05) is 7.11 Å². The first kappa shape index (κ1) is 20.4. The van der Waals surface area contributed by atoms with E-state index < -0.39 is 24.1 Å². The number of ether oxygens (including phenoxy) is 1. The van der Waals surface area contributed by atoms with Crippen LogP contribution in [0.4, 0.5) is 0 Å². The topological polar surface area (TPSA) is 124 Å². The molecular weight excluding hydrogens is 352 g/mol.